The van der Waals surface area contributed by atoms with Crippen molar-refractivity contribution in [3.8, 4) is 0 Å². The summed E-state index contributed by atoms with van der Waals surface area (Å²) in [6, 6.07) is 0.628. The third-order valence-electron chi connectivity index (χ3n) is 2.47. The van der Waals surface area contributed by atoms with E-state index < -0.39 is 0 Å². The molecule has 13 heavy (non-hydrogen) atoms. The third-order valence-corrected chi connectivity index (χ3v) is 3.23. The van der Waals surface area contributed by atoms with Gasteiger partial charge in [0.15, 0.2) is 0 Å². The van der Waals surface area contributed by atoms with Gasteiger partial charge in [-0.3, -0.25) is 0 Å². The second kappa shape index (κ2) is 3.77. The van der Waals surface area contributed by atoms with Crippen LogP contribution in [-0.2, 0) is 0 Å². The van der Waals surface area contributed by atoms with Crippen LogP contribution in [-0.4, -0.2) is 22.6 Å². The zero-order valence-electron chi connectivity index (χ0n) is 7.57. The molecule has 0 amide bonds. The number of aromatic nitrogens is 2. The average molecular weight is 289 g/mol. The first kappa shape index (κ1) is 9.18. The van der Waals surface area contributed by atoms with Crippen molar-refractivity contribution in [2.75, 3.05) is 11.4 Å². The average Bonchev–Trinajstić information content (AvgIpc) is 2.52. The van der Waals surface area contributed by atoms with Gasteiger partial charge in [0.25, 0.3) is 0 Å². The first-order valence-electron chi connectivity index (χ1n) is 4.51. The van der Waals surface area contributed by atoms with Crippen LogP contribution in [0.5, 0.6) is 0 Å². The maximum atomic E-state index is 4.32. The highest BCUT2D eigenvalue weighted by Gasteiger charge is 2.22. The van der Waals surface area contributed by atoms with Crippen molar-refractivity contribution < 1.29 is 0 Å². The minimum atomic E-state index is 0.628. The summed E-state index contributed by atoms with van der Waals surface area (Å²) in [5.41, 5.74) is 0. The first-order valence-corrected chi connectivity index (χ1v) is 5.59. The van der Waals surface area contributed by atoms with Gasteiger partial charge in [0.2, 0.25) is 0 Å². The van der Waals surface area contributed by atoms with Gasteiger partial charge in [0, 0.05) is 18.8 Å². The summed E-state index contributed by atoms with van der Waals surface area (Å²) in [4.78, 5) is 10.7. The Balaban J connectivity index is 2.29. The minimum absolute atomic E-state index is 0.628. The van der Waals surface area contributed by atoms with Crippen molar-refractivity contribution in [2.45, 2.75) is 25.8 Å². The summed E-state index contributed by atoms with van der Waals surface area (Å²) in [5, 5.41) is 0. The van der Waals surface area contributed by atoms with Gasteiger partial charge in [-0.05, 0) is 42.4 Å². The van der Waals surface area contributed by atoms with Crippen molar-refractivity contribution in [2.24, 2.45) is 0 Å². The molecule has 0 N–H and O–H groups in total. The molecule has 4 heteroatoms. The predicted molar refractivity (Wildman–Crippen MR) is 60.8 cm³/mol. The van der Waals surface area contributed by atoms with E-state index in [1.807, 2.05) is 6.20 Å². The van der Waals surface area contributed by atoms with Gasteiger partial charge in [-0.2, -0.15) is 0 Å². The Kier molecular flexibility index (Phi) is 2.66. The van der Waals surface area contributed by atoms with Crippen molar-refractivity contribution in [1.29, 1.82) is 0 Å². The van der Waals surface area contributed by atoms with E-state index in [4.69, 9.17) is 0 Å². The molecule has 1 atom stereocenters. The summed E-state index contributed by atoms with van der Waals surface area (Å²) < 4.78 is 1.15. The van der Waals surface area contributed by atoms with Crippen LogP contribution in [0.25, 0.3) is 0 Å². The SMILES string of the molecule is CC1CCCN1c1ncncc1I. The van der Waals surface area contributed by atoms with Gasteiger partial charge in [-0.15, -0.1) is 0 Å². The van der Waals surface area contributed by atoms with Crippen molar-refractivity contribution >= 4 is 28.4 Å². The molecule has 0 aliphatic carbocycles. The van der Waals surface area contributed by atoms with Crippen LogP contribution in [0.1, 0.15) is 19.8 Å². The normalized spacial score (nSPS) is 22.3. The fourth-order valence-electron chi connectivity index (χ4n) is 1.77. The lowest BCUT2D eigenvalue weighted by atomic mass is 10.2. The van der Waals surface area contributed by atoms with Gasteiger partial charge in [0.1, 0.15) is 12.1 Å². The number of hydrogen-bond acceptors (Lipinski definition) is 3. The van der Waals surface area contributed by atoms with Crippen molar-refractivity contribution in [3.05, 3.63) is 16.1 Å². The number of halogens is 1. The summed E-state index contributed by atoms with van der Waals surface area (Å²) in [5.74, 6) is 1.10. The van der Waals surface area contributed by atoms with E-state index in [1.165, 1.54) is 12.8 Å². The zero-order valence-corrected chi connectivity index (χ0v) is 9.73. The Morgan fingerprint density at radius 1 is 1.62 bits per heavy atom. The molecule has 2 rings (SSSR count). The molecule has 0 spiro atoms. The lowest BCUT2D eigenvalue weighted by molar-refractivity contribution is 0.724. The van der Waals surface area contributed by atoms with Crippen LogP contribution in [0.2, 0.25) is 0 Å². The van der Waals surface area contributed by atoms with Crippen LogP contribution >= 0.6 is 22.6 Å². The fourth-order valence-corrected chi connectivity index (χ4v) is 2.38. The number of nitrogens with zero attached hydrogens (tertiary/aromatic N) is 3. The van der Waals surface area contributed by atoms with Crippen molar-refractivity contribution in [1.82, 2.24) is 9.97 Å². The molecule has 1 fully saturated rings. The van der Waals surface area contributed by atoms with E-state index in [1.54, 1.807) is 6.33 Å². The van der Waals surface area contributed by atoms with Crippen LogP contribution in [0.3, 0.4) is 0 Å². The molecule has 0 saturated carbocycles. The molecule has 0 radical (unpaired) electrons. The second-order valence-electron chi connectivity index (χ2n) is 3.38. The number of anilines is 1. The second-order valence-corrected chi connectivity index (χ2v) is 4.54. The highest BCUT2D eigenvalue weighted by Crippen LogP contribution is 2.26. The van der Waals surface area contributed by atoms with E-state index in [0.717, 1.165) is 15.9 Å². The minimum Gasteiger partial charge on any atom is -0.353 e. The Morgan fingerprint density at radius 3 is 3.08 bits per heavy atom. The summed E-state index contributed by atoms with van der Waals surface area (Å²) in [6.45, 7) is 3.39. The highest BCUT2D eigenvalue weighted by atomic mass is 127. The standard InChI is InChI=1S/C9H12IN3/c1-7-3-2-4-13(7)9-8(10)5-11-6-12-9/h5-7H,2-4H2,1H3. The van der Waals surface area contributed by atoms with E-state index in [-0.39, 0.29) is 0 Å². The Hall–Kier alpha value is -0.390. The molecule has 0 aromatic carbocycles. The van der Waals surface area contributed by atoms with Gasteiger partial charge in [0.05, 0.1) is 3.57 Å². The Bertz CT molecular complexity index is 303. The van der Waals surface area contributed by atoms with E-state index >= 15 is 0 Å². The molecular formula is C9H12IN3. The molecule has 1 aromatic heterocycles. The van der Waals surface area contributed by atoms with Crippen molar-refractivity contribution in [3.63, 3.8) is 0 Å². The molecule has 2 heterocycles. The monoisotopic (exact) mass is 289 g/mol. The zero-order chi connectivity index (χ0) is 9.26. The van der Waals surface area contributed by atoms with E-state index in [0.29, 0.717) is 6.04 Å². The fraction of sp³-hybridized carbons (Fsp3) is 0.556. The van der Waals surface area contributed by atoms with Gasteiger partial charge in [-0.25, -0.2) is 9.97 Å². The molecule has 0 bridgehead atoms. The van der Waals surface area contributed by atoms with Gasteiger partial charge >= 0.3 is 0 Å². The quantitative estimate of drug-likeness (QED) is 0.741. The molecule has 3 nitrogen and oxygen atoms in total. The van der Waals surface area contributed by atoms with Gasteiger partial charge in [-0.1, -0.05) is 0 Å². The number of rotatable bonds is 1. The molecule has 1 aliphatic heterocycles. The van der Waals surface area contributed by atoms with Crippen LogP contribution in [0.4, 0.5) is 5.82 Å². The smallest absolute Gasteiger partial charge is 0.145 e. The summed E-state index contributed by atoms with van der Waals surface area (Å²) in [6.07, 6.45) is 6.05. The van der Waals surface area contributed by atoms with Gasteiger partial charge < -0.3 is 4.90 Å². The topological polar surface area (TPSA) is 29.0 Å². The number of hydrogen-bond donors (Lipinski definition) is 0. The lowest BCUT2D eigenvalue weighted by Gasteiger charge is -2.22. The van der Waals surface area contributed by atoms with Crippen LogP contribution in [0.15, 0.2) is 12.5 Å². The lowest BCUT2D eigenvalue weighted by Crippen LogP contribution is -2.28. The molecule has 1 saturated heterocycles. The molecular weight excluding hydrogens is 277 g/mol. The van der Waals surface area contributed by atoms with E-state index in [2.05, 4.69) is 44.4 Å². The predicted octanol–water partition coefficient (Wildman–Crippen LogP) is 2.07. The molecule has 1 unspecified atom stereocenters. The van der Waals surface area contributed by atoms with Crippen LogP contribution in [0, 0.1) is 3.57 Å². The highest BCUT2D eigenvalue weighted by molar-refractivity contribution is 14.1. The summed E-state index contributed by atoms with van der Waals surface area (Å²) >= 11 is 2.29. The Morgan fingerprint density at radius 2 is 2.46 bits per heavy atom. The molecule has 70 valence electrons. The van der Waals surface area contributed by atoms with E-state index in [9.17, 15) is 0 Å². The molecule has 1 aromatic rings. The maximum Gasteiger partial charge on any atom is 0.145 e. The third kappa shape index (κ3) is 1.77. The Labute approximate surface area is 91.7 Å². The summed E-state index contributed by atoms with van der Waals surface area (Å²) in [7, 11) is 0. The van der Waals surface area contributed by atoms with Crippen LogP contribution < -0.4 is 4.90 Å². The first-order chi connectivity index (χ1) is 6.29. The maximum absolute atomic E-state index is 4.32. The molecule has 1 aliphatic rings. The largest absolute Gasteiger partial charge is 0.353 e.